The molecule has 31 heavy (non-hydrogen) atoms. The highest BCUT2D eigenvalue weighted by atomic mass is 16.4. The molecular formula is C25H24N4O2. The minimum Gasteiger partial charge on any atom is -0.478 e. The molecule has 6 heteroatoms. The van der Waals surface area contributed by atoms with Gasteiger partial charge in [-0.3, -0.25) is 4.98 Å². The molecule has 4 rings (SSSR count). The molecule has 0 spiro atoms. The number of nitrogens with zero attached hydrogens (tertiary/aromatic N) is 4. The molecule has 4 aromatic rings. The van der Waals surface area contributed by atoms with Crippen LogP contribution in [0.15, 0.2) is 72.9 Å². The van der Waals surface area contributed by atoms with Crippen molar-refractivity contribution in [3.05, 3.63) is 101 Å². The smallest absolute Gasteiger partial charge is 0.337 e. The molecule has 0 atom stereocenters. The first-order valence-corrected chi connectivity index (χ1v) is 10.4. The van der Waals surface area contributed by atoms with Crippen molar-refractivity contribution in [2.45, 2.75) is 32.7 Å². The largest absolute Gasteiger partial charge is 0.478 e. The van der Waals surface area contributed by atoms with E-state index in [1.165, 1.54) is 5.56 Å². The molecule has 0 saturated carbocycles. The summed E-state index contributed by atoms with van der Waals surface area (Å²) < 4.78 is 1.99. The van der Waals surface area contributed by atoms with Gasteiger partial charge in [0, 0.05) is 31.1 Å². The zero-order valence-corrected chi connectivity index (χ0v) is 17.4. The van der Waals surface area contributed by atoms with Crippen molar-refractivity contribution < 1.29 is 9.90 Å². The number of carboxylic acid groups (broad SMARTS) is 1. The molecule has 0 bridgehead atoms. The van der Waals surface area contributed by atoms with Crippen LogP contribution in [-0.4, -0.2) is 30.8 Å². The molecular weight excluding hydrogens is 388 g/mol. The zero-order chi connectivity index (χ0) is 21.6. The van der Waals surface area contributed by atoms with E-state index in [9.17, 15) is 9.90 Å². The van der Waals surface area contributed by atoms with Crippen LogP contribution < -0.4 is 0 Å². The van der Waals surface area contributed by atoms with Gasteiger partial charge in [-0.15, -0.1) is 0 Å². The highest BCUT2D eigenvalue weighted by molar-refractivity contribution is 5.94. The monoisotopic (exact) mass is 412 g/mol. The van der Waals surface area contributed by atoms with Gasteiger partial charge in [0.15, 0.2) is 5.82 Å². The summed E-state index contributed by atoms with van der Waals surface area (Å²) in [5.74, 6) is 0.779. The second kappa shape index (κ2) is 9.34. The van der Waals surface area contributed by atoms with E-state index >= 15 is 0 Å². The van der Waals surface area contributed by atoms with Crippen LogP contribution in [0.3, 0.4) is 0 Å². The second-order valence-electron chi connectivity index (χ2n) is 7.41. The van der Waals surface area contributed by atoms with Crippen molar-refractivity contribution in [1.82, 2.24) is 19.7 Å². The standard InChI is InChI=1S/C25H24N4O2/c1-2-15-29-23(27-22(28-29)16-18-7-4-3-5-8-18)17-19-10-12-20(13-11-19)24-21(25(30)31)9-6-14-26-24/h3-14H,2,15-17H2,1H3,(H,30,31). The number of benzene rings is 2. The van der Waals surface area contributed by atoms with Gasteiger partial charge in [-0.1, -0.05) is 61.5 Å². The number of carboxylic acids is 1. The van der Waals surface area contributed by atoms with Gasteiger partial charge in [0.05, 0.1) is 11.3 Å². The highest BCUT2D eigenvalue weighted by Gasteiger charge is 2.14. The maximum Gasteiger partial charge on any atom is 0.337 e. The Kier molecular flexibility index (Phi) is 6.17. The Morgan fingerprint density at radius 3 is 2.39 bits per heavy atom. The Morgan fingerprint density at radius 1 is 0.935 bits per heavy atom. The molecule has 2 aromatic carbocycles. The van der Waals surface area contributed by atoms with Crippen molar-refractivity contribution in [3.8, 4) is 11.3 Å². The summed E-state index contributed by atoms with van der Waals surface area (Å²) in [5, 5.41) is 14.1. The fourth-order valence-corrected chi connectivity index (χ4v) is 3.57. The summed E-state index contributed by atoms with van der Waals surface area (Å²) in [4.78, 5) is 20.5. The van der Waals surface area contributed by atoms with E-state index in [4.69, 9.17) is 10.1 Å². The minimum atomic E-state index is -0.981. The SMILES string of the molecule is CCCn1nc(Cc2ccccc2)nc1Cc1ccc(-c2ncccc2C(=O)O)cc1. The number of aromatic nitrogens is 4. The Hall–Kier alpha value is -3.80. The Bertz CT molecular complexity index is 1170. The van der Waals surface area contributed by atoms with E-state index in [1.807, 2.05) is 47.1 Å². The van der Waals surface area contributed by atoms with E-state index in [2.05, 4.69) is 24.0 Å². The molecule has 0 fully saturated rings. The van der Waals surface area contributed by atoms with Gasteiger partial charge in [-0.2, -0.15) is 5.10 Å². The average Bonchev–Trinajstić information content (AvgIpc) is 3.16. The molecule has 0 amide bonds. The fourth-order valence-electron chi connectivity index (χ4n) is 3.57. The van der Waals surface area contributed by atoms with Crippen molar-refractivity contribution in [2.24, 2.45) is 0 Å². The van der Waals surface area contributed by atoms with Crippen LogP contribution in [0, 0.1) is 0 Å². The predicted molar refractivity (Wildman–Crippen MR) is 119 cm³/mol. The van der Waals surface area contributed by atoms with E-state index in [-0.39, 0.29) is 5.56 Å². The summed E-state index contributed by atoms with van der Waals surface area (Å²) in [5.41, 5.74) is 3.73. The molecule has 6 nitrogen and oxygen atoms in total. The van der Waals surface area contributed by atoms with Gasteiger partial charge in [0.25, 0.3) is 0 Å². The number of rotatable bonds is 8. The summed E-state index contributed by atoms with van der Waals surface area (Å²) in [6.07, 6.45) is 3.96. The molecule has 0 saturated heterocycles. The van der Waals surface area contributed by atoms with Gasteiger partial charge < -0.3 is 5.11 Å². The third kappa shape index (κ3) is 4.86. The Labute approximate surface area is 181 Å². The lowest BCUT2D eigenvalue weighted by molar-refractivity contribution is 0.0697. The molecule has 2 heterocycles. The van der Waals surface area contributed by atoms with E-state index in [0.717, 1.165) is 35.7 Å². The lowest BCUT2D eigenvalue weighted by Gasteiger charge is -2.07. The van der Waals surface area contributed by atoms with Crippen molar-refractivity contribution in [3.63, 3.8) is 0 Å². The zero-order valence-electron chi connectivity index (χ0n) is 17.4. The average molecular weight is 412 g/mol. The quantitative estimate of drug-likeness (QED) is 0.456. The second-order valence-corrected chi connectivity index (χ2v) is 7.41. The number of carbonyl (C=O) groups is 1. The number of hydrogen-bond acceptors (Lipinski definition) is 4. The molecule has 2 aromatic heterocycles. The molecule has 0 aliphatic rings. The summed E-state index contributed by atoms with van der Waals surface area (Å²) in [6.45, 7) is 2.95. The highest BCUT2D eigenvalue weighted by Crippen LogP contribution is 2.22. The van der Waals surface area contributed by atoms with Gasteiger partial charge >= 0.3 is 5.97 Å². The van der Waals surface area contributed by atoms with E-state index in [0.29, 0.717) is 18.5 Å². The number of aryl methyl sites for hydroxylation is 1. The fraction of sp³-hybridized carbons (Fsp3) is 0.200. The molecule has 0 aliphatic heterocycles. The number of aromatic carboxylic acids is 1. The predicted octanol–water partition coefficient (Wildman–Crippen LogP) is 4.63. The first-order chi connectivity index (χ1) is 15.1. The van der Waals surface area contributed by atoms with Gasteiger partial charge in [-0.05, 0) is 29.7 Å². The van der Waals surface area contributed by atoms with Crippen molar-refractivity contribution in [1.29, 1.82) is 0 Å². The van der Waals surface area contributed by atoms with Gasteiger partial charge in [0.1, 0.15) is 5.82 Å². The molecule has 0 aliphatic carbocycles. The lowest BCUT2D eigenvalue weighted by Crippen LogP contribution is -2.06. The Balaban J connectivity index is 1.56. The molecule has 0 radical (unpaired) electrons. The van der Waals surface area contributed by atoms with Crippen LogP contribution >= 0.6 is 0 Å². The van der Waals surface area contributed by atoms with Gasteiger partial charge in [-0.25, -0.2) is 14.5 Å². The first-order valence-electron chi connectivity index (χ1n) is 10.4. The first kappa shape index (κ1) is 20.5. The summed E-state index contributed by atoms with van der Waals surface area (Å²) in [6, 6.07) is 21.3. The van der Waals surface area contributed by atoms with Crippen molar-refractivity contribution in [2.75, 3.05) is 0 Å². The van der Waals surface area contributed by atoms with Crippen LogP contribution in [0.25, 0.3) is 11.3 Å². The van der Waals surface area contributed by atoms with Crippen LogP contribution in [-0.2, 0) is 19.4 Å². The van der Waals surface area contributed by atoms with Crippen LogP contribution in [0.2, 0.25) is 0 Å². The minimum absolute atomic E-state index is 0.198. The van der Waals surface area contributed by atoms with Crippen LogP contribution in [0.1, 0.15) is 46.5 Å². The number of pyridine rings is 1. The molecule has 156 valence electrons. The molecule has 1 N–H and O–H groups in total. The maximum atomic E-state index is 11.5. The Morgan fingerprint density at radius 2 is 1.68 bits per heavy atom. The lowest BCUT2D eigenvalue weighted by atomic mass is 10.0. The third-order valence-electron chi connectivity index (χ3n) is 5.06. The number of hydrogen-bond donors (Lipinski definition) is 1. The topological polar surface area (TPSA) is 80.9 Å². The third-order valence-corrected chi connectivity index (χ3v) is 5.06. The van der Waals surface area contributed by atoms with E-state index in [1.54, 1.807) is 18.3 Å². The van der Waals surface area contributed by atoms with Gasteiger partial charge in [0.2, 0.25) is 0 Å². The summed E-state index contributed by atoms with van der Waals surface area (Å²) in [7, 11) is 0. The summed E-state index contributed by atoms with van der Waals surface area (Å²) >= 11 is 0. The van der Waals surface area contributed by atoms with E-state index < -0.39 is 5.97 Å². The maximum absolute atomic E-state index is 11.5. The van der Waals surface area contributed by atoms with Crippen LogP contribution in [0.4, 0.5) is 0 Å². The van der Waals surface area contributed by atoms with Crippen LogP contribution in [0.5, 0.6) is 0 Å². The normalized spacial score (nSPS) is 10.9. The molecule has 0 unspecified atom stereocenters. The van der Waals surface area contributed by atoms with Crippen molar-refractivity contribution >= 4 is 5.97 Å².